The number of nitrogens with one attached hydrogen (secondary N) is 2. The lowest BCUT2D eigenvalue weighted by molar-refractivity contribution is 0.262. The molecular weight excluding hydrogens is 380 g/mol. The van der Waals surface area contributed by atoms with E-state index in [0.717, 1.165) is 25.1 Å². The van der Waals surface area contributed by atoms with Crippen molar-refractivity contribution in [2.75, 3.05) is 31.3 Å². The van der Waals surface area contributed by atoms with E-state index < -0.39 is 0 Å². The maximum absolute atomic E-state index is 12.4. The minimum atomic E-state index is -0.276. The Bertz CT molecular complexity index is 984. The van der Waals surface area contributed by atoms with Crippen LogP contribution >= 0.6 is 0 Å². The van der Waals surface area contributed by atoms with E-state index in [0.29, 0.717) is 23.2 Å². The minimum Gasteiger partial charge on any atom is -0.436 e. The van der Waals surface area contributed by atoms with Gasteiger partial charge >= 0.3 is 6.03 Å². The fourth-order valence-electron chi connectivity index (χ4n) is 3.86. The number of carbonyl (C=O) groups excluding carboxylic acids is 1. The van der Waals surface area contributed by atoms with Crippen molar-refractivity contribution in [1.29, 1.82) is 0 Å². The third-order valence-electron chi connectivity index (χ3n) is 5.17. The van der Waals surface area contributed by atoms with Crippen LogP contribution in [-0.4, -0.2) is 36.7 Å². The largest absolute Gasteiger partial charge is 0.436 e. The summed E-state index contributed by atoms with van der Waals surface area (Å²) in [6, 6.07) is 14.6. The molecule has 0 saturated carbocycles. The van der Waals surface area contributed by atoms with Gasteiger partial charge in [-0.1, -0.05) is 6.07 Å². The van der Waals surface area contributed by atoms with E-state index in [9.17, 15) is 4.79 Å². The summed E-state index contributed by atoms with van der Waals surface area (Å²) < 4.78 is 10.3. The molecule has 1 aromatic heterocycles. The fourth-order valence-corrected chi connectivity index (χ4v) is 3.86. The molecular formula is C23H26N4O3. The number of aryl methyl sites for hydroxylation is 1. The van der Waals surface area contributed by atoms with Gasteiger partial charge in [0, 0.05) is 24.0 Å². The van der Waals surface area contributed by atoms with Crippen LogP contribution in [0.25, 0.3) is 0 Å². The summed E-state index contributed by atoms with van der Waals surface area (Å²) in [5, 5.41) is 9.46. The van der Waals surface area contributed by atoms with Crippen molar-refractivity contribution in [3.8, 4) is 11.6 Å². The number of amides is 2. The van der Waals surface area contributed by atoms with Gasteiger partial charge in [-0.05, 0) is 92.0 Å². The van der Waals surface area contributed by atoms with Crippen LogP contribution in [0.3, 0.4) is 0 Å². The lowest BCUT2D eigenvalue weighted by atomic mass is 9.83. The molecule has 0 radical (unpaired) electrons. The van der Waals surface area contributed by atoms with E-state index in [1.165, 1.54) is 23.8 Å². The van der Waals surface area contributed by atoms with Gasteiger partial charge in [0.25, 0.3) is 5.88 Å². The highest BCUT2D eigenvalue weighted by atomic mass is 16.5. The number of hydrogen-bond donors (Lipinski definition) is 2. The van der Waals surface area contributed by atoms with E-state index in [2.05, 4.69) is 46.9 Å². The van der Waals surface area contributed by atoms with E-state index in [-0.39, 0.29) is 6.03 Å². The Hall–Kier alpha value is -3.32. The number of rotatable bonds is 6. The first kappa shape index (κ1) is 20.0. The summed E-state index contributed by atoms with van der Waals surface area (Å²) in [6.45, 7) is 1.12. The topological polar surface area (TPSA) is 79.6 Å². The number of urea groups is 1. The van der Waals surface area contributed by atoms with Gasteiger partial charge in [-0.2, -0.15) is 0 Å². The van der Waals surface area contributed by atoms with Crippen LogP contribution in [-0.2, 0) is 12.8 Å². The summed E-state index contributed by atoms with van der Waals surface area (Å²) in [7, 11) is 4.25. The monoisotopic (exact) mass is 406 g/mol. The Morgan fingerprint density at radius 2 is 1.87 bits per heavy atom. The normalized spacial score (nSPS) is 15.5. The van der Waals surface area contributed by atoms with Crippen molar-refractivity contribution >= 4 is 17.4 Å². The summed E-state index contributed by atoms with van der Waals surface area (Å²) in [5.74, 6) is 1.69. The summed E-state index contributed by atoms with van der Waals surface area (Å²) >= 11 is 0. The van der Waals surface area contributed by atoms with Gasteiger partial charge in [0.15, 0.2) is 0 Å². The van der Waals surface area contributed by atoms with Crippen LogP contribution in [0.5, 0.6) is 11.6 Å². The highest BCUT2D eigenvalue weighted by Gasteiger charge is 2.19. The zero-order valence-electron chi connectivity index (χ0n) is 17.2. The molecule has 7 nitrogen and oxygen atoms in total. The van der Waals surface area contributed by atoms with Crippen LogP contribution in [0, 0.1) is 5.92 Å². The molecule has 2 N–H and O–H groups in total. The average Bonchev–Trinajstić information content (AvgIpc) is 3.22. The minimum absolute atomic E-state index is 0.276. The Kier molecular flexibility index (Phi) is 5.99. The molecule has 3 aromatic rings. The quantitative estimate of drug-likeness (QED) is 0.616. The number of benzene rings is 2. The van der Waals surface area contributed by atoms with Gasteiger partial charge in [-0.3, -0.25) is 0 Å². The Labute approximate surface area is 176 Å². The molecule has 7 heteroatoms. The Morgan fingerprint density at radius 1 is 1.10 bits per heavy atom. The summed E-state index contributed by atoms with van der Waals surface area (Å²) in [5.41, 5.74) is 4.20. The highest BCUT2D eigenvalue weighted by Crippen LogP contribution is 2.28. The van der Waals surface area contributed by atoms with Crippen LogP contribution in [0.4, 0.5) is 16.2 Å². The van der Waals surface area contributed by atoms with Crippen molar-refractivity contribution in [1.82, 2.24) is 10.1 Å². The maximum Gasteiger partial charge on any atom is 0.323 e. The van der Waals surface area contributed by atoms with Crippen LogP contribution < -0.4 is 15.4 Å². The van der Waals surface area contributed by atoms with E-state index >= 15 is 0 Å². The van der Waals surface area contributed by atoms with Gasteiger partial charge in [-0.25, -0.2) is 4.79 Å². The molecule has 0 aliphatic heterocycles. The van der Waals surface area contributed by atoms with E-state index in [4.69, 9.17) is 9.26 Å². The first-order chi connectivity index (χ1) is 14.5. The highest BCUT2D eigenvalue weighted by molar-refractivity contribution is 5.99. The van der Waals surface area contributed by atoms with Crippen molar-refractivity contribution in [3.63, 3.8) is 0 Å². The number of carbonyl (C=O) groups is 1. The number of hydrogen-bond acceptors (Lipinski definition) is 5. The van der Waals surface area contributed by atoms with Crippen molar-refractivity contribution in [2.24, 2.45) is 5.92 Å². The molecule has 0 bridgehead atoms. The molecule has 156 valence electrons. The molecule has 1 aliphatic rings. The Balaban J connectivity index is 1.32. The predicted molar refractivity (Wildman–Crippen MR) is 116 cm³/mol. The number of fused-ring (bicyclic) bond motifs is 1. The second-order valence-corrected chi connectivity index (χ2v) is 7.90. The van der Waals surface area contributed by atoms with Crippen LogP contribution in [0.15, 0.2) is 59.3 Å². The Morgan fingerprint density at radius 3 is 2.60 bits per heavy atom. The van der Waals surface area contributed by atoms with Crippen LogP contribution in [0.2, 0.25) is 0 Å². The van der Waals surface area contributed by atoms with Crippen molar-refractivity contribution < 1.29 is 14.1 Å². The molecule has 0 fully saturated rings. The molecule has 2 aromatic carbocycles. The number of aromatic nitrogens is 1. The molecule has 1 aliphatic carbocycles. The predicted octanol–water partition coefficient (Wildman–Crippen LogP) is 4.78. The SMILES string of the molecule is CN(C)CC1CCc2cc(NC(=O)Nc3ccc(Oc4ccon4)cc3)ccc2C1. The third-order valence-corrected chi connectivity index (χ3v) is 5.17. The van der Waals surface area contributed by atoms with Crippen LogP contribution in [0.1, 0.15) is 17.5 Å². The van der Waals surface area contributed by atoms with Gasteiger partial charge in [0.1, 0.15) is 12.0 Å². The van der Waals surface area contributed by atoms with Gasteiger partial charge in [-0.15, -0.1) is 0 Å². The van der Waals surface area contributed by atoms with Crippen molar-refractivity contribution in [3.05, 3.63) is 65.9 Å². The number of anilines is 2. The second-order valence-electron chi connectivity index (χ2n) is 7.90. The fraction of sp³-hybridized carbons (Fsp3) is 0.304. The van der Waals surface area contributed by atoms with Gasteiger partial charge in [0.05, 0.1) is 0 Å². The lowest BCUT2D eigenvalue weighted by Gasteiger charge is -2.27. The van der Waals surface area contributed by atoms with E-state index in [1.54, 1.807) is 30.3 Å². The molecule has 1 heterocycles. The van der Waals surface area contributed by atoms with Gasteiger partial charge in [0.2, 0.25) is 0 Å². The van der Waals surface area contributed by atoms with E-state index in [1.807, 2.05) is 6.07 Å². The second kappa shape index (κ2) is 9.00. The molecule has 0 saturated heterocycles. The summed E-state index contributed by atoms with van der Waals surface area (Å²) in [6.07, 6.45) is 4.78. The number of nitrogens with zero attached hydrogens (tertiary/aromatic N) is 2. The van der Waals surface area contributed by atoms with Crippen molar-refractivity contribution in [2.45, 2.75) is 19.3 Å². The smallest absolute Gasteiger partial charge is 0.323 e. The molecule has 0 spiro atoms. The molecule has 1 atom stereocenters. The molecule has 4 rings (SSSR count). The molecule has 2 amide bonds. The molecule has 1 unspecified atom stereocenters. The first-order valence-electron chi connectivity index (χ1n) is 10.1. The summed E-state index contributed by atoms with van der Waals surface area (Å²) in [4.78, 5) is 14.6. The number of ether oxygens (including phenoxy) is 1. The maximum atomic E-state index is 12.4. The standard InChI is InChI=1S/C23H26N4O3/c1-27(2)15-16-3-4-18-14-20(6-5-17(18)13-16)25-23(28)24-19-7-9-21(10-8-19)30-22-11-12-29-26-22/h5-12,14,16H,3-4,13,15H2,1-2H3,(H2,24,25,28). The first-order valence-corrected chi connectivity index (χ1v) is 10.1. The lowest BCUT2D eigenvalue weighted by Crippen LogP contribution is -2.26. The zero-order valence-corrected chi connectivity index (χ0v) is 17.2. The zero-order chi connectivity index (χ0) is 20.9. The average molecular weight is 406 g/mol. The van der Waals surface area contributed by atoms with Gasteiger partial charge < -0.3 is 24.8 Å². The third kappa shape index (κ3) is 5.18. The molecule has 30 heavy (non-hydrogen) atoms.